The van der Waals surface area contributed by atoms with Gasteiger partial charge < -0.3 is 9.80 Å². The van der Waals surface area contributed by atoms with Crippen molar-refractivity contribution in [2.75, 3.05) is 37.6 Å². The fourth-order valence-electron chi connectivity index (χ4n) is 5.76. The summed E-state index contributed by atoms with van der Waals surface area (Å²) in [5.41, 5.74) is 3.64. The van der Waals surface area contributed by atoms with Gasteiger partial charge >= 0.3 is 0 Å². The number of aryl methyl sites for hydroxylation is 2. The third-order valence-electron chi connectivity index (χ3n) is 7.82. The topological polar surface area (TPSA) is 78.8 Å². The molecule has 5 rings (SSSR count). The first kappa shape index (κ1) is 23.6. The van der Waals surface area contributed by atoms with Crippen molar-refractivity contribution in [2.24, 2.45) is 11.8 Å². The molecule has 0 radical (unpaired) electrons. The molecule has 3 amide bonds. The molecule has 1 aromatic carbocycles. The monoisotopic (exact) mass is 477 g/mol. The van der Waals surface area contributed by atoms with Gasteiger partial charge in [-0.05, 0) is 63.6 Å². The molecule has 0 spiro atoms. The summed E-state index contributed by atoms with van der Waals surface area (Å²) in [6, 6.07) is 7.49. The van der Waals surface area contributed by atoms with Gasteiger partial charge in [-0.15, -0.1) is 0 Å². The Labute approximate surface area is 206 Å². The lowest BCUT2D eigenvalue weighted by Gasteiger charge is -2.38. The number of hydrogen-bond donors (Lipinski definition) is 0. The highest BCUT2D eigenvalue weighted by Crippen LogP contribution is 2.34. The van der Waals surface area contributed by atoms with Crippen molar-refractivity contribution >= 4 is 23.4 Å². The molecule has 2 saturated heterocycles. The van der Waals surface area contributed by atoms with E-state index in [0.29, 0.717) is 30.1 Å². The van der Waals surface area contributed by atoms with E-state index in [1.807, 2.05) is 41.6 Å². The van der Waals surface area contributed by atoms with Gasteiger partial charge in [0, 0.05) is 38.4 Å². The number of rotatable bonds is 5. The van der Waals surface area contributed by atoms with Crippen LogP contribution in [0.1, 0.15) is 64.7 Å². The summed E-state index contributed by atoms with van der Waals surface area (Å²) in [5.74, 6) is 0.355. The highest BCUT2D eigenvalue weighted by molar-refractivity contribution is 6.23. The first-order valence-corrected chi connectivity index (χ1v) is 12.9. The molecule has 1 atom stereocenters. The van der Waals surface area contributed by atoms with Crippen LogP contribution < -0.4 is 4.90 Å². The van der Waals surface area contributed by atoms with E-state index in [-0.39, 0.29) is 30.2 Å². The van der Waals surface area contributed by atoms with E-state index in [0.717, 1.165) is 62.4 Å². The fourth-order valence-corrected chi connectivity index (χ4v) is 5.76. The third-order valence-corrected chi connectivity index (χ3v) is 7.82. The summed E-state index contributed by atoms with van der Waals surface area (Å²) >= 11 is 0. The van der Waals surface area contributed by atoms with Gasteiger partial charge in [0.2, 0.25) is 5.91 Å². The lowest BCUT2D eigenvalue weighted by atomic mass is 9.92. The quantitative estimate of drug-likeness (QED) is 0.618. The van der Waals surface area contributed by atoms with E-state index in [4.69, 9.17) is 0 Å². The van der Waals surface area contributed by atoms with Crippen LogP contribution in [0.3, 0.4) is 0 Å². The molecule has 1 aromatic heterocycles. The molecule has 0 saturated carbocycles. The zero-order valence-corrected chi connectivity index (χ0v) is 21.0. The van der Waals surface area contributed by atoms with Crippen LogP contribution in [0.25, 0.3) is 0 Å². The number of carbonyl (C=O) groups excluding carboxylic acids is 3. The molecule has 2 aromatic rings. The summed E-state index contributed by atoms with van der Waals surface area (Å²) in [6.45, 7) is 9.96. The van der Waals surface area contributed by atoms with E-state index in [1.54, 1.807) is 6.07 Å². The van der Waals surface area contributed by atoms with Crippen molar-refractivity contribution in [3.8, 4) is 0 Å². The largest absolute Gasteiger partial charge is 0.370 e. The SMILES string of the molecule is Cc1cc(C)n(CCN2C(=O)c3cccc(N4CCCC(C(=O)N5CCC(C)CC5)C4)c3C2=O)n1. The van der Waals surface area contributed by atoms with Gasteiger partial charge in [0.15, 0.2) is 0 Å². The Morgan fingerprint density at radius 2 is 1.80 bits per heavy atom. The lowest BCUT2D eigenvalue weighted by molar-refractivity contribution is -0.137. The lowest BCUT2D eigenvalue weighted by Crippen LogP contribution is -2.47. The van der Waals surface area contributed by atoms with Crippen molar-refractivity contribution in [3.05, 3.63) is 46.8 Å². The Bertz CT molecular complexity index is 1150. The molecular formula is C27H35N5O3. The summed E-state index contributed by atoms with van der Waals surface area (Å²) in [7, 11) is 0. The van der Waals surface area contributed by atoms with Crippen molar-refractivity contribution in [1.29, 1.82) is 0 Å². The maximum absolute atomic E-state index is 13.4. The number of hydrogen-bond acceptors (Lipinski definition) is 5. The second-order valence-electron chi connectivity index (χ2n) is 10.4. The Morgan fingerprint density at radius 3 is 2.51 bits per heavy atom. The zero-order chi connectivity index (χ0) is 24.7. The number of benzene rings is 1. The molecule has 0 bridgehead atoms. The molecule has 8 nitrogen and oxygen atoms in total. The second kappa shape index (κ2) is 9.47. The molecule has 3 aliphatic rings. The normalized spacial score (nSPS) is 21.1. The number of likely N-dealkylation sites (tertiary alicyclic amines) is 1. The van der Waals surface area contributed by atoms with Crippen LogP contribution in [0.15, 0.2) is 24.3 Å². The van der Waals surface area contributed by atoms with Gasteiger partial charge in [-0.3, -0.25) is 24.0 Å². The van der Waals surface area contributed by atoms with E-state index in [2.05, 4.69) is 16.9 Å². The van der Waals surface area contributed by atoms with Crippen LogP contribution in [0.4, 0.5) is 5.69 Å². The molecule has 0 N–H and O–H groups in total. The molecule has 0 aliphatic carbocycles. The predicted molar refractivity (Wildman–Crippen MR) is 133 cm³/mol. The number of anilines is 1. The van der Waals surface area contributed by atoms with Gasteiger partial charge in [-0.25, -0.2) is 0 Å². The Morgan fingerprint density at radius 1 is 1.03 bits per heavy atom. The number of piperidine rings is 2. The van der Waals surface area contributed by atoms with Crippen molar-refractivity contribution in [2.45, 2.75) is 53.0 Å². The van der Waals surface area contributed by atoms with Crippen molar-refractivity contribution in [1.82, 2.24) is 19.6 Å². The Hall–Kier alpha value is -3.16. The Kier molecular flexibility index (Phi) is 6.38. The summed E-state index contributed by atoms with van der Waals surface area (Å²) in [5, 5.41) is 4.45. The predicted octanol–water partition coefficient (Wildman–Crippen LogP) is 3.27. The molecule has 1 unspecified atom stereocenters. The van der Waals surface area contributed by atoms with Crippen LogP contribution in [-0.4, -0.2) is 70.0 Å². The highest BCUT2D eigenvalue weighted by Gasteiger charge is 2.39. The van der Waals surface area contributed by atoms with E-state index >= 15 is 0 Å². The standard InChI is InChI=1S/C27H35N5O3/c1-18-9-12-29(13-10-18)25(33)21-6-5-11-30(17-21)23-8-4-7-22-24(23)27(35)31(26(22)34)14-15-32-20(3)16-19(2)28-32/h4,7-8,16,18,21H,5-6,9-15,17H2,1-3H3. The smallest absolute Gasteiger partial charge is 0.263 e. The first-order valence-electron chi connectivity index (χ1n) is 12.9. The minimum Gasteiger partial charge on any atom is -0.370 e. The molecule has 35 heavy (non-hydrogen) atoms. The number of carbonyl (C=O) groups is 3. The molecule has 3 aliphatic heterocycles. The van der Waals surface area contributed by atoms with Crippen molar-refractivity contribution < 1.29 is 14.4 Å². The van der Waals surface area contributed by atoms with Gasteiger partial charge in [0.25, 0.3) is 11.8 Å². The van der Waals surface area contributed by atoms with Crippen molar-refractivity contribution in [3.63, 3.8) is 0 Å². The Balaban J connectivity index is 1.32. The van der Waals surface area contributed by atoms with Gasteiger partial charge in [0.1, 0.15) is 0 Å². The fraction of sp³-hybridized carbons (Fsp3) is 0.556. The molecule has 186 valence electrons. The van der Waals surface area contributed by atoms with Crippen LogP contribution >= 0.6 is 0 Å². The third kappa shape index (κ3) is 4.46. The zero-order valence-electron chi connectivity index (χ0n) is 21.0. The average Bonchev–Trinajstić information content (AvgIpc) is 3.31. The average molecular weight is 478 g/mol. The number of amides is 3. The number of imide groups is 1. The maximum atomic E-state index is 13.4. The summed E-state index contributed by atoms with van der Waals surface area (Å²) in [4.78, 5) is 45.4. The first-order chi connectivity index (χ1) is 16.8. The highest BCUT2D eigenvalue weighted by atomic mass is 16.2. The maximum Gasteiger partial charge on any atom is 0.263 e. The minimum absolute atomic E-state index is 0.0673. The van der Waals surface area contributed by atoms with Gasteiger partial charge in [-0.1, -0.05) is 13.0 Å². The van der Waals surface area contributed by atoms with Crippen LogP contribution in [0.2, 0.25) is 0 Å². The molecule has 2 fully saturated rings. The van der Waals surface area contributed by atoms with Crippen LogP contribution in [-0.2, 0) is 11.3 Å². The minimum atomic E-state index is -0.250. The summed E-state index contributed by atoms with van der Waals surface area (Å²) in [6.07, 6.45) is 3.91. The van der Waals surface area contributed by atoms with E-state index < -0.39 is 0 Å². The van der Waals surface area contributed by atoms with E-state index in [1.165, 1.54) is 4.90 Å². The molecular weight excluding hydrogens is 442 g/mol. The second-order valence-corrected chi connectivity index (χ2v) is 10.4. The number of aromatic nitrogens is 2. The van der Waals surface area contributed by atoms with Crippen LogP contribution in [0, 0.1) is 25.7 Å². The van der Waals surface area contributed by atoms with E-state index in [9.17, 15) is 14.4 Å². The molecule has 4 heterocycles. The number of nitrogens with zero attached hydrogens (tertiary/aromatic N) is 5. The van der Waals surface area contributed by atoms with Crippen LogP contribution in [0.5, 0.6) is 0 Å². The summed E-state index contributed by atoms with van der Waals surface area (Å²) < 4.78 is 1.84. The molecule has 8 heteroatoms. The number of fused-ring (bicyclic) bond motifs is 1. The van der Waals surface area contributed by atoms with Gasteiger partial charge in [0.05, 0.1) is 35.0 Å². The van der Waals surface area contributed by atoms with Gasteiger partial charge in [-0.2, -0.15) is 5.10 Å².